The largest absolute Gasteiger partial charge is 0.469 e. The minimum atomic E-state index is -0.584. The van der Waals surface area contributed by atoms with Crippen LogP contribution in [0.1, 0.15) is 27.9 Å². The fourth-order valence-electron chi connectivity index (χ4n) is 1.45. The second-order valence-electron chi connectivity index (χ2n) is 3.44. The molecular formula is C11H11BrO2S. The topological polar surface area (TPSA) is 33.4 Å². The predicted octanol–water partition coefficient (Wildman–Crippen LogP) is 3.80. The number of rotatable bonds is 2. The molecule has 0 bridgehead atoms. The van der Waals surface area contributed by atoms with Gasteiger partial charge in [-0.3, -0.25) is 0 Å². The normalized spacial score (nSPS) is 13.1. The van der Waals surface area contributed by atoms with E-state index in [0.29, 0.717) is 0 Å². The molecule has 0 saturated carbocycles. The summed E-state index contributed by atoms with van der Waals surface area (Å²) in [5.41, 5.74) is 1.99. The molecule has 1 unspecified atom stereocenters. The Morgan fingerprint density at radius 3 is 2.67 bits per heavy atom. The lowest BCUT2D eigenvalue weighted by molar-refractivity contribution is 0.222. The van der Waals surface area contributed by atoms with Crippen LogP contribution in [0.15, 0.2) is 26.6 Å². The molecular weight excluding hydrogens is 276 g/mol. The van der Waals surface area contributed by atoms with Gasteiger partial charge in [0.15, 0.2) is 0 Å². The van der Waals surface area contributed by atoms with Crippen molar-refractivity contribution >= 4 is 27.3 Å². The summed E-state index contributed by atoms with van der Waals surface area (Å²) in [7, 11) is 0. The van der Waals surface area contributed by atoms with Crippen LogP contribution in [0.4, 0.5) is 0 Å². The van der Waals surface area contributed by atoms with Crippen LogP contribution >= 0.6 is 27.3 Å². The molecule has 2 rings (SSSR count). The highest BCUT2D eigenvalue weighted by atomic mass is 79.9. The van der Waals surface area contributed by atoms with Gasteiger partial charge in [-0.15, -0.1) is 11.3 Å². The summed E-state index contributed by atoms with van der Waals surface area (Å²) in [6.45, 7) is 3.87. The van der Waals surface area contributed by atoms with Crippen molar-refractivity contribution in [2.45, 2.75) is 20.0 Å². The Labute approximate surface area is 101 Å². The molecule has 4 heteroatoms. The number of aliphatic hydroxyl groups is 1. The smallest absolute Gasteiger partial charge is 0.117 e. The van der Waals surface area contributed by atoms with Crippen molar-refractivity contribution in [3.05, 3.63) is 43.9 Å². The van der Waals surface area contributed by atoms with Crippen LogP contribution in [0.3, 0.4) is 0 Å². The molecule has 2 aromatic rings. The first-order valence-electron chi connectivity index (χ1n) is 4.57. The molecule has 80 valence electrons. The van der Waals surface area contributed by atoms with E-state index in [-0.39, 0.29) is 0 Å². The molecule has 0 aromatic carbocycles. The molecule has 2 aromatic heterocycles. The highest BCUT2D eigenvalue weighted by molar-refractivity contribution is 9.11. The van der Waals surface area contributed by atoms with Crippen LogP contribution in [0.25, 0.3) is 0 Å². The fraction of sp³-hybridized carbons (Fsp3) is 0.273. The van der Waals surface area contributed by atoms with Crippen molar-refractivity contribution in [2.24, 2.45) is 0 Å². The zero-order valence-corrected chi connectivity index (χ0v) is 10.9. The zero-order chi connectivity index (χ0) is 11.0. The fourth-order valence-corrected chi connectivity index (χ4v) is 3.03. The van der Waals surface area contributed by atoms with Gasteiger partial charge in [0.25, 0.3) is 0 Å². The maximum absolute atomic E-state index is 10.1. The van der Waals surface area contributed by atoms with Crippen molar-refractivity contribution in [3.63, 3.8) is 0 Å². The Kier molecular flexibility index (Phi) is 3.00. The van der Waals surface area contributed by atoms with Crippen LogP contribution in [0.5, 0.6) is 0 Å². The molecule has 2 nitrogen and oxygen atoms in total. The molecule has 0 saturated heterocycles. The Morgan fingerprint density at radius 2 is 2.20 bits per heavy atom. The molecule has 1 atom stereocenters. The second-order valence-corrected chi connectivity index (χ2v) is 5.84. The Balaban J connectivity index is 2.36. The minimum Gasteiger partial charge on any atom is -0.469 e. The highest BCUT2D eigenvalue weighted by Gasteiger charge is 2.17. The first-order valence-corrected chi connectivity index (χ1v) is 6.18. The quantitative estimate of drug-likeness (QED) is 0.911. The molecule has 0 fully saturated rings. The van der Waals surface area contributed by atoms with Gasteiger partial charge in [-0.1, -0.05) is 0 Å². The van der Waals surface area contributed by atoms with Gasteiger partial charge < -0.3 is 9.52 Å². The summed E-state index contributed by atoms with van der Waals surface area (Å²) in [5, 5.41) is 10.1. The number of hydrogen-bond acceptors (Lipinski definition) is 3. The first-order chi connectivity index (χ1) is 7.09. The van der Waals surface area contributed by atoms with Crippen LogP contribution in [-0.4, -0.2) is 5.11 Å². The van der Waals surface area contributed by atoms with Gasteiger partial charge in [0.05, 0.1) is 10.0 Å². The van der Waals surface area contributed by atoms with Gasteiger partial charge in [-0.25, -0.2) is 0 Å². The van der Waals surface area contributed by atoms with Gasteiger partial charge in [0.2, 0.25) is 0 Å². The summed E-state index contributed by atoms with van der Waals surface area (Å²) in [6.07, 6.45) is 1.02. The third-order valence-electron chi connectivity index (χ3n) is 2.34. The molecule has 0 spiro atoms. The van der Waals surface area contributed by atoms with Gasteiger partial charge in [0.1, 0.15) is 11.9 Å². The van der Waals surface area contributed by atoms with Crippen LogP contribution in [-0.2, 0) is 0 Å². The van der Waals surface area contributed by atoms with Crippen LogP contribution in [0.2, 0.25) is 0 Å². The highest BCUT2D eigenvalue weighted by Crippen LogP contribution is 2.35. The first kappa shape index (κ1) is 10.9. The summed E-state index contributed by atoms with van der Waals surface area (Å²) in [4.78, 5) is 0.934. The van der Waals surface area contributed by atoms with Gasteiger partial charge in [-0.2, -0.15) is 0 Å². The standard InChI is InChI=1S/C11H11BrO2S/c1-6-5-9(15-11(6)12)10(13)8-3-4-14-7(8)2/h3-5,10,13H,1-2H3. The van der Waals surface area contributed by atoms with E-state index in [0.717, 1.165) is 25.6 Å². The summed E-state index contributed by atoms with van der Waals surface area (Å²) in [6, 6.07) is 3.80. The number of furan rings is 1. The van der Waals surface area contributed by atoms with E-state index in [1.807, 2.05) is 26.0 Å². The number of hydrogen-bond donors (Lipinski definition) is 1. The Bertz CT molecular complexity index is 453. The zero-order valence-electron chi connectivity index (χ0n) is 8.45. The second kappa shape index (κ2) is 4.12. The average molecular weight is 287 g/mol. The Hall–Kier alpha value is -0.580. The van der Waals surface area contributed by atoms with E-state index < -0.39 is 6.10 Å². The predicted molar refractivity (Wildman–Crippen MR) is 64.3 cm³/mol. The minimum absolute atomic E-state index is 0.584. The van der Waals surface area contributed by atoms with E-state index in [4.69, 9.17) is 4.42 Å². The van der Waals surface area contributed by atoms with Crippen LogP contribution < -0.4 is 0 Å². The summed E-state index contributed by atoms with van der Waals surface area (Å²) in [5.74, 6) is 0.768. The molecule has 0 aliphatic heterocycles. The van der Waals surface area contributed by atoms with Crippen molar-refractivity contribution in [2.75, 3.05) is 0 Å². The molecule has 0 radical (unpaired) electrons. The SMILES string of the molecule is Cc1cc(C(O)c2ccoc2C)sc1Br. The van der Waals surface area contributed by atoms with Gasteiger partial charge >= 0.3 is 0 Å². The van der Waals surface area contributed by atoms with Gasteiger partial charge in [-0.05, 0) is 47.5 Å². The van der Waals surface area contributed by atoms with Crippen LogP contribution in [0, 0.1) is 13.8 Å². The summed E-state index contributed by atoms with van der Waals surface area (Å²) < 4.78 is 6.24. The number of halogens is 1. The third-order valence-corrected chi connectivity index (χ3v) is 4.53. The van der Waals surface area contributed by atoms with E-state index in [1.165, 1.54) is 0 Å². The molecule has 0 amide bonds. The van der Waals surface area contributed by atoms with Gasteiger partial charge in [0, 0.05) is 10.4 Å². The average Bonchev–Trinajstić information content (AvgIpc) is 2.74. The van der Waals surface area contributed by atoms with Crippen molar-refractivity contribution in [3.8, 4) is 0 Å². The molecule has 1 N–H and O–H groups in total. The van der Waals surface area contributed by atoms with E-state index in [2.05, 4.69) is 15.9 Å². The molecule has 0 aliphatic carbocycles. The molecule has 2 heterocycles. The van der Waals surface area contributed by atoms with Crippen molar-refractivity contribution in [1.82, 2.24) is 0 Å². The summed E-state index contributed by atoms with van der Waals surface area (Å²) >= 11 is 5.00. The van der Waals surface area contributed by atoms with E-state index >= 15 is 0 Å². The molecule has 15 heavy (non-hydrogen) atoms. The maximum atomic E-state index is 10.1. The van der Waals surface area contributed by atoms with E-state index in [1.54, 1.807) is 17.6 Å². The lowest BCUT2D eigenvalue weighted by atomic mass is 10.1. The monoisotopic (exact) mass is 286 g/mol. The third kappa shape index (κ3) is 2.02. The molecule has 0 aliphatic rings. The maximum Gasteiger partial charge on any atom is 0.117 e. The number of aliphatic hydroxyl groups excluding tert-OH is 1. The lowest BCUT2D eigenvalue weighted by Gasteiger charge is -2.06. The van der Waals surface area contributed by atoms with E-state index in [9.17, 15) is 5.11 Å². The number of thiophene rings is 1. The lowest BCUT2D eigenvalue weighted by Crippen LogP contribution is -1.96. The number of aryl methyl sites for hydroxylation is 2. The van der Waals surface area contributed by atoms with Crippen molar-refractivity contribution < 1.29 is 9.52 Å². The van der Waals surface area contributed by atoms with Crippen molar-refractivity contribution in [1.29, 1.82) is 0 Å². The Morgan fingerprint density at radius 1 is 1.47 bits per heavy atom.